The maximum atomic E-state index is 13.7. The number of piperidine rings is 1. The topological polar surface area (TPSA) is 88.2 Å². The maximum Gasteiger partial charge on any atom is 0.257 e. The van der Waals surface area contributed by atoms with Crippen molar-refractivity contribution in [2.45, 2.75) is 51.0 Å². The highest BCUT2D eigenvalue weighted by atomic mass is 16.5. The van der Waals surface area contributed by atoms with Gasteiger partial charge in [-0.1, -0.05) is 31.0 Å². The standard InChI is InChI=1S/C31H39N3O5/c1-38-23-12-13-27(39-2)25(20-23)30(37)33-17-14-31(15-18-33)16-19-34(21-31)29(36)24-10-6-7-11-26(24)32-28(35)22-8-4-3-5-9-22/h3-5,8-9,12-13,20,24,26H,6-7,10-11,14-19,21H2,1-2H3,(H,32,35)/t24-,26+/m0/s1. The van der Waals surface area contributed by atoms with Crippen LogP contribution in [-0.4, -0.2) is 74.0 Å². The fourth-order valence-corrected chi connectivity index (χ4v) is 6.54. The Morgan fingerprint density at radius 2 is 1.56 bits per heavy atom. The van der Waals surface area contributed by atoms with Crippen LogP contribution in [0.4, 0.5) is 0 Å². The van der Waals surface area contributed by atoms with Gasteiger partial charge in [0.25, 0.3) is 11.8 Å². The Kier molecular flexibility index (Phi) is 8.10. The molecule has 8 heteroatoms. The molecule has 1 saturated carbocycles. The number of carbonyl (C=O) groups is 3. The molecule has 2 heterocycles. The van der Waals surface area contributed by atoms with Gasteiger partial charge in [-0.3, -0.25) is 14.4 Å². The van der Waals surface area contributed by atoms with E-state index in [2.05, 4.69) is 5.32 Å². The molecular weight excluding hydrogens is 494 g/mol. The third-order valence-corrected chi connectivity index (χ3v) is 8.93. The first-order chi connectivity index (χ1) is 18.9. The molecule has 2 aliphatic heterocycles. The zero-order valence-corrected chi connectivity index (χ0v) is 23.0. The van der Waals surface area contributed by atoms with Crippen LogP contribution in [0.15, 0.2) is 48.5 Å². The summed E-state index contributed by atoms with van der Waals surface area (Å²) in [7, 11) is 3.15. The Morgan fingerprint density at radius 1 is 0.872 bits per heavy atom. The summed E-state index contributed by atoms with van der Waals surface area (Å²) in [5.74, 6) is 1.00. The smallest absolute Gasteiger partial charge is 0.257 e. The number of methoxy groups -OCH3 is 2. The third kappa shape index (κ3) is 5.75. The second-order valence-corrected chi connectivity index (χ2v) is 11.2. The number of amides is 3. The summed E-state index contributed by atoms with van der Waals surface area (Å²) in [6.45, 7) is 2.78. The Morgan fingerprint density at radius 3 is 2.26 bits per heavy atom. The van der Waals surface area contributed by atoms with Gasteiger partial charge in [0.15, 0.2) is 0 Å². The van der Waals surface area contributed by atoms with Crippen LogP contribution in [0.3, 0.4) is 0 Å². The van der Waals surface area contributed by atoms with Crippen molar-refractivity contribution >= 4 is 17.7 Å². The predicted molar refractivity (Wildman–Crippen MR) is 148 cm³/mol. The van der Waals surface area contributed by atoms with Gasteiger partial charge in [-0.25, -0.2) is 0 Å². The number of hydrogen-bond donors (Lipinski definition) is 1. The van der Waals surface area contributed by atoms with Gasteiger partial charge in [-0.05, 0) is 67.9 Å². The van der Waals surface area contributed by atoms with Crippen molar-refractivity contribution in [1.82, 2.24) is 15.1 Å². The minimum atomic E-state index is -0.177. The second kappa shape index (κ2) is 11.7. The zero-order valence-electron chi connectivity index (χ0n) is 23.0. The van der Waals surface area contributed by atoms with Crippen molar-refractivity contribution in [3.63, 3.8) is 0 Å². The van der Waals surface area contributed by atoms with Gasteiger partial charge in [0.2, 0.25) is 5.91 Å². The monoisotopic (exact) mass is 533 g/mol. The first-order valence-electron chi connectivity index (χ1n) is 14.1. The Labute approximate surface area is 230 Å². The first-order valence-corrected chi connectivity index (χ1v) is 14.1. The molecule has 39 heavy (non-hydrogen) atoms. The van der Waals surface area contributed by atoms with Gasteiger partial charge >= 0.3 is 0 Å². The lowest BCUT2D eigenvalue weighted by atomic mass is 9.77. The van der Waals surface area contributed by atoms with Crippen LogP contribution in [0, 0.1) is 11.3 Å². The molecule has 3 amide bonds. The quantitative estimate of drug-likeness (QED) is 0.603. The lowest BCUT2D eigenvalue weighted by Gasteiger charge is -2.40. The van der Waals surface area contributed by atoms with Gasteiger partial charge < -0.3 is 24.6 Å². The second-order valence-electron chi connectivity index (χ2n) is 11.2. The van der Waals surface area contributed by atoms with E-state index in [0.717, 1.165) is 58.0 Å². The molecule has 3 fully saturated rings. The van der Waals surface area contributed by atoms with Crippen molar-refractivity contribution in [2.75, 3.05) is 40.4 Å². The molecule has 8 nitrogen and oxygen atoms in total. The first kappa shape index (κ1) is 27.0. The van der Waals surface area contributed by atoms with Crippen molar-refractivity contribution in [3.05, 3.63) is 59.7 Å². The van der Waals surface area contributed by atoms with E-state index in [1.807, 2.05) is 28.0 Å². The number of ether oxygens (including phenoxy) is 2. The van der Waals surface area contributed by atoms with E-state index in [9.17, 15) is 14.4 Å². The Bertz CT molecular complexity index is 1190. The van der Waals surface area contributed by atoms with E-state index in [0.29, 0.717) is 35.7 Å². The number of likely N-dealkylation sites (tertiary alicyclic amines) is 2. The average Bonchev–Trinajstić information content (AvgIpc) is 3.40. The number of benzene rings is 2. The molecule has 2 aromatic rings. The van der Waals surface area contributed by atoms with Crippen LogP contribution in [0.2, 0.25) is 0 Å². The lowest BCUT2D eigenvalue weighted by Crippen LogP contribution is -2.50. The molecule has 3 aliphatic rings. The highest BCUT2D eigenvalue weighted by Gasteiger charge is 2.45. The van der Waals surface area contributed by atoms with Crippen molar-refractivity contribution < 1.29 is 23.9 Å². The molecule has 0 radical (unpaired) electrons. The van der Waals surface area contributed by atoms with E-state index in [1.54, 1.807) is 44.6 Å². The normalized spacial score (nSPS) is 22.4. The number of rotatable bonds is 6. The van der Waals surface area contributed by atoms with Crippen LogP contribution in [0.25, 0.3) is 0 Å². The summed E-state index contributed by atoms with van der Waals surface area (Å²) in [6, 6.07) is 14.4. The summed E-state index contributed by atoms with van der Waals surface area (Å²) in [5, 5.41) is 3.16. The SMILES string of the molecule is COc1ccc(OC)c(C(=O)N2CCC3(CC2)CCN(C(=O)[C@H]2CCCC[C@H]2NC(=O)c2ccccc2)C3)c1. The fourth-order valence-electron chi connectivity index (χ4n) is 6.54. The Hall–Kier alpha value is -3.55. The molecule has 1 aliphatic carbocycles. The summed E-state index contributed by atoms with van der Waals surface area (Å²) in [6.07, 6.45) is 6.37. The van der Waals surface area contributed by atoms with Gasteiger partial charge in [-0.15, -0.1) is 0 Å². The van der Waals surface area contributed by atoms with Crippen molar-refractivity contribution in [2.24, 2.45) is 11.3 Å². The van der Waals surface area contributed by atoms with Crippen LogP contribution in [0.5, 0.6) is 11.5 Å². The molecular formula is C31H39N3O5. The fraction of sp³-hybridized carbons (Fsp3) is 0.516. The number of nitrogens with zero attached hydrogens (tertiary/aromatic N) is 2. The summed E-state index contributed by atoms with van der Waals surface area (Å²) in [5.41, 5.74) is 1.18. The minimum absolute atomic E-state index is 0.0440. The molecule has 2 aromatic carbocycles. The highest BCUT2D eigenvalue weighted by molar-refractivity contribution is 5.97. The minimum Gasteiger partial charge on any atom is -0.497 e. The lowest BCUT2D eigenvalue weighted by molar-refractivity contribution is -0.136. The molecule has 5 rings (SSSR count). The van der Waals surface area contributed by atoms with E-state index in [-0.39, 0.29) is 35.1 Å². The number of hydrogen-bond acceptors (Lipinski definition) is 5. The molecule has 1 spiro atoms. The van der Waals surface area contributed by atoms with E-state index in [1.165, 1.54) is 0 Å². The summed E-state index contributed by atoms with van der Waals surface area (Å²) >= 11 is 0. The van der Waals surface area contributed by atoms with Crippen LogP contribution in [-0.2, 0) is 4.79 Å². The molecule has 2 atom stereocenters. The van der Waals surface area contributed by atoms with Crippen molar-refractivity contribution in [3.8, 4) is 11.5 Å². The number of carbonyl (C=O) groups excluding carboxylic acids is 3. The van der Waals surface area contributed by atoms with Gasteiger partial charge in [0.1, 0.15) is 11.5 Å². The average molecular weight is 534 g/mol. The van der Waals surface area contributed by atoms with E-state index < -0.39 is 0 Å². The Balaban J connectivity index is 1.19. The largest absolute Gasteiger partial charge is 0.497 e. The van der Waals surface area contributed by atoms with Crippen molar-refractivity contribution in [1.29, 1.82) is 0 Å². The van der Waals surface area contributed by atoms with Gasteiger partial charge in [0, 0.05) is 37.8 Å². The molecule has 0 bridgehead atoms. The van der Waals surface area contributed by atoms with Gasteiger partial charge in [0.05, 0.1) is 25.7 Å². The molecule has 0 aromatic heterocycles. The van der Waals surface area contributed by atoms with E-state index in [4.69, 9.17) is 9.47 Å². The van der Waals surface area contributed by atoms with Crippen LogP contribution < -0.4 is 14.8 Å². The molecule has 2 saturated heterocycles. The van der Waals surface area contributed by atoms with Gasteiger partial charge in [-0.2, -0.15) is 0 Å². The molecule has 208 valence electrons. The third-order valence-electron chi connectivity index (χ3n) is 8.93. The van der Waals surface area contributed by atoms with Crippen LogP contribution in [0.1, 0.15) is 65.7 Å². The summed E-state index contributed by atoms with van der Waals surface area (Å²) < 4.78 is 10.7. The zero-order chi connectivity index (χ0) is 27.4. The molecule has 1 N–H and O–H groups in total. The van der Waals surface area contributed by atoms with E-state index >= 15 is 0 Å². The number of nitrogens with one attached hydrogen (secondary N) is 1. The van der Waals surface area contributed by atoms with Crippen LogP contribution >= 0.6 is 0 Å². The summed E-state index contributed by atoms with van der Waals surface area (Å²) in [4.78, 5) is 43.8. The predicted octanol–water partition coefficient (Wildman–Crippen LogP) is 4.15. The maximum absolute atomic E-state index is 13.7. The molecule has 0 unspecified atom stereocenters. The highest BCUT2D eigenvalue weighted by Crippen LogP contribution is 2.42.